The van der Waals surface area contributed by atoms with Crippen LogP contribution in [0.1, 0.15) is 80.9 Å². The molecule has 0 aromatic carbocycles. The van der Waals surface area contributed by atoms with Crippen LogP contribution in [0.25, 0.3) is 0 Å². The van der Waals surface area contributed by atoms with Gasteiger partial charge in [0.05, 0.1) is 18.8 Å². The fraction of sp³-hybridized carbons (Fsp3) is 0.773. The van der Waals surface area contributed by atoms with Gasteiger partial charge in [-0.15, -0.1) is 0 Å². The maximum atomic E-state index is 5.86. The third-order valence-corrected chi connectivity index (χ3v) is 6.56. The second-order valence-corrected chi connectivity index (χ2v) is 8.58. The lowest BCUT2D eigenvalue weighted by Gasteiger charge is -2.33. The average Bonchev–Trinajstić information content (AvgIpc) is 3.49. The summed E-state index contributed by atoms with van der Waals surface area (Å²) in [5, 5.41) is 8.72. The van der Waals surface area contributed by atoms with E-state index in [4.69, 9.17) is 14.2 Å². The van der Waals surface area contributed by atoms with E-state index in [0.717, 1.165) is 56.7 Å². The van der Waals surface area contributed by atoms with Crippen molar-refractivity contribution in [3.05, 3.63) is 29.2 Å². The predicted molar refractivity (Wildman–Crippen MR) is 110 cm³/mol. The van der Waals surface area contributed by atoms with Crippen molar-refractivity contribution in [2.75, 3.05) is 19.8 Å². The van der Waals surface area contributed by atoms with Gasteiger partial charge in [0.1, 0.15) is 0 Å². The lowest BCUT2D eigenvalue weighted by molar-refractivity contribution is 0.102. The van der Waals surface area contributed by atoms with Gasteiger partial charge in [-0.3, -0.25) is 9.58 Å². The monoisotopic (exact) mass is 401 g/mol. The van der Waals surface area contributed by atoms with Crippen molar-refractivity contribution >= 4 is 0 Å². The first kappa shape index (κ1) is 20.5. The number of likely N-dealkylation sites (tertiary alicyclic amines) is 1. The molecule has 0 amide bonds. The fourth-order valence-corrected chi connectivity index (χ4v) is 4.73. The smallest absolute Gasteiger partial charge is 0.244 e. The number of rotatable bonds is 9. The highest BCUT2D eigenvalue weighted by molar-refractivity contribution is 5.16. The molecule has 0 radical (unpaired) electrons. The Morgan fingerprint density at radius 1 is 1.17 bits per heavy atom. The van der Waals surface area contributed by atoms with Gasteiger partial charge in [-0.05, 0) is 52.0 Å². The van der Waals surface area contributed by atoms with Crippen molar-refractivity contribution in [3.8, 4) is 0 Å². The molecule has 7 nitrogen and oxygen atoms in total. The van der Waals surface area contributed by atoms with Gasteiger partial charge in [-0.1, -0.05) is 24.4 Å². The number of ether oxygens (including phenoxy) is 1. The normalized spacial score (nSPS) is 21.2. The van der Waals surface area contributed by atoms with E-state index in [9.17, 15) is 0 Å². The topological polar surface area (TPSA) is 69.2 Å². The molecule has 2 aliphatic rings. The van der Waals surface area contributed by atoms with Crippen LogP contribution in [0.2, 0.25) is 0 Å². The number of piperidine rings is 1. The third-order valence-electron chi connectivity index (χ3n) is 6.56. The van der Waals surface area contributed by atoms with E-state index in [2.05, 4.69) is 33.7 Å². The maximum Gasteiger partial charge on any atom is 0.244 e. The Kier molecular flexibility index (Phi) is 6.98. The van der Waals surface area contributed by atoms with Crippen LogP contribution in [0.4, 0.5) is 0 Å². The quantitative estimate of drug-likeness (QED) is 0.590. The zero-order valence-electron chi connectivity index (χ0n) is 18.0. The Morgan fingerprint density at radius 3 is 2.79 bits per heavy atom. The summed E-state index contributed by atoms with van der Waals surface area (Å²) in [6.45, 7) is 8.70. The minimum absolute atomic E-state index is 0.203. The summed E-state index contributed by atoms with van der Waals surface area (Å²) in [5.74, 6) is 2.29. The molecule has 1 atom stereocenters. The number of aryl methyl sites for hydroxylation is 1. The molecule has 160 valence electrons. The van der Waals surface area contributed by atoms with Crippen molar-refractivity contribution in [2.24, 2.45) is 5.92 Å². The van der Waals surface area contributed by atoms with Gasteiger partial charge in [-0.25, -0.2) is 0 Å². The molecule has 0 bridgehead atoms. The van der Waals surface area contributed by atoms with Gasteiger partial charge >= 0.3 is 0 Å². The van der Waals surface area contributed by atoms with Gasteiger partial charge in [0.25, 0.3) is 0 Å². The number of hydrogen-bond acceptors (Lipinski definition) is 6. The second-order valence-electron chi connectivity index (χ2n) is 8.58. The molecule has 1 aliphatic carbocycles. The molecular weight excluding hydrogens is 366 g/mol. The zero-order valence-corrected chi connectivity index (χ0v) is 18.0. The van der Waals surface area contributed by atoms with Crippen LogP contribution in [0.3, 0.4) is 0 Å². The molecular formula is C22H35N5O2. The summed E-state index contributed by atoms with van der Waals surface area (Å²) < 4.78 is 13.6. The van der Waals surface area contributed by atoms with E-state index < -0.39 is 0 Å². The molecule has 1 unspecified atom stereocenters. The van der Waals surface area contributed by atoms with Gasteiger partial charge in [0, 0.05) is 37.4 Å². The Hall–Kier alpha value is -1.73. The standard InChI is InChI=1S/C22H35N5O2/c1-3-27-17(2)19(14-23-27)15-26-12-7-6-10-20(26)22-24-21(25-29-22)11-13-28-16-18-8-4-5-9-18/h14,18,20H,3-13,15-16H2,1-2H3. The Morgan fingerprint density at radius 2 is 2.00 bits per heavy atom. The van der Waals surface area contributed by atoms with Crippen molar-refractivity contribution in [1.82, 2.24) is 24.8 Å². The minimum Gasteiger partial charge on any atom is -0.381 e. The summed E-state index contributed by atoms with van der Waals surface area (Å²) in [6, 6.07) is 0.203. The molecule has 3 heterocycles. The maximum absolute atomic E-state index is 5.86. The third kappa shape index (κ3) is 5.07. The molecule has 0 spiro atoms. The molecule has 2 aromatic heterocycles. The molecule has 2 aromatic rings. The summed E-state index contributed by atoms with van der Waals surface area (Å²) in [7, 11) is 0. The molecule has 2 fully saturated rings. The van der Waals surface area contributed by atoms with Crippen molar-refractivity contribution in [1.29, 1.82) is 0 Å². The zero-order chi connectivity index (χ0) is 20.1. The lowest BCUT2D eigenvalue weighted by Crippen LogP contribution is -2.33. The van der Waals surface area contributed by atoms with Crippen LogP contribution in [0, 0.1) is 12.8 Å². The van der Waals surface area contributed by atoms with E-state index >= 15 is 0 Å². The first-order valence-electron chi connectivity index (χ1n) is 11.4. The first-order valence-corrected chi connectivity index (χ1v) is 11.4. The van der Waals surface area contributed by atoms with Gasteiger partial charge in [0.15, 0.2) is 5.82 Å². The van der Waals surface area contributed by atoms with Crippen molar-refractivity contribution < 1.29 is 9.26 Å². The van der Waals surface area contributed by atoms with Crippen LogP contribution in [0.5, 0.6) is 0 Å². The molecule has 1 aliphatic heterocycles. The van der Waals surface area contributed by atoms with Crippen LogP contribution < -0.4 is 0 Å². The highest BCUT2D eigenvalue weighted by Gasteiger charge is 2.29. The van der Waals surface area contributed by atoms with E-state index in [1.807, 2.05) is 6.20 Å². The van der Waals surface area contributed by atoms with Crippen molar-refractivity contribution in [3.63, 3.8) is 0 Å². The molecule has 0 N–H and O–H groups in total. The lowest BCUT2D eigenvalue weighted by atomic mass is 10.0. The summed E-state index contributed by atoms with van der Waals surface area (Å²) >= 11 is 0. The Balaban J connectivity index is 1.32. The fourth-order valence-electron chi connectivity index (χ4n) is 4.73. The molecule has 7 heteroatoms. The van der Waals surface area contributed by atoms with Gasteiger partial charge < -0.3 is 9.26 Å². The SMILES string of the molecule is CCn1ncc(CN2CCCCC2c2nc(CCOCC3CCCC3)no2)c1C. The Labute approximate surface area is 173 Å². The van der Waals surface area contributed by atoms with E-state index in [1.54, 1.807) is 0 Å². The number of aromatic nitrogens is 4. The molecule has 29 heavy (non-hydrogen) atoms. The summed E-state index contributed by atoms with van der Waals surface area (Å²) in [6.07, 6.45) is 11.6. The van der Waals surface area contributed by atoms with Gasteiger partial charge in [0.2, 0.25) is 5.89 Å². The summed E-state index contributed by atoms with van der Waals surface area (Å²) in [4.78, 5) is 7.19. The van der Waals surface area contributed by atoms with E-state index in [1.165, 1.54) is 49.8 Å². The Bertz CT molecular complexity index is 765. The van der Waals surface area contributed by atoms with Crippen LogP contribution >= 0.6 is 0 Å². The second kappa shape index (κ2) is 9.85. The van der Waals surface area contributed by atoms with Crippen LogP contribution in [0.15, 0.2) is 10.7 Å². The van der Waals surface area contributed by atoms with Crippen LogP contribution in [-0.4, -0.2) is 44.6 Å². The highest BCUT2D eigenvalue weighted by atomic mass is 16.5. The molecule has 4 rings (SSSR count). The first-order chi connectivity index (χ1) is 14.2. The largest absolute Gasteiger partial charge is 0.381 e. The van der Waals surface area contributed by atoms with Gasteiger partial charge in [-0.2, -0.15) is 10.1 Å². The minimum atomic E-state index is 0.203. The number of hydrogen-bond donors (Lipinski definition) is 0. The highest BCUT2D eigenvalue weighted by Crippen LogP contribution is 2.31. The number of nitrogens with zero attached hydrogens (tertiary/aromatic N) is 5. The van der Waals surface area contributed by atoms with Crippen molar-refractivity contribution in [2.45, 2.75) is 84.3 Å². The van der Waals surface area contributed by atoms with Crippen LogP contribution in [-0.2, 0) is 24.2 Å². The average molecular weight is 402 g/mol. The predicted octanol–water partition coefficient (Wildman–Crippen LogP) is 4.07. The molecule has 1 saturated carbocycles. The molecule has 1 saturated heterocycles. The van der Waals surface area contributed by atoms with E-state index in [-0.39, 0.29) is 6.04 Å². The summed E-state index contributed by atoms with van der Waals surface area (Å²) in [5.41, 5.74) is 2.54. The van der Waals surface area contributed by atoms with E-state index in [0.29, 0.717) is 6.61 Å².